The third-order valence-corrected chi connectivity index (χ3v) is 2.38. The molecule has 0 radical (unpaired) electrons. The molecule has 0 aliphatic carbocycles. The van der Waals surface area contributed by atoms with E-state index in [2.05, 4.69) is 0 Å². The van der Waals surface area contributed by atoms with Crippen molar-refractivity contribution in [1.82, 2.24) is 0 Å². The number of para-hydroxylation sites is 1. The molecule has 0 bridgehead atoms. The maximum Gasteiger partial charge on any atom is 0.122 e. The van der Waals surface area contributed by atoms with Crippen LogP contribution >= 0.6 is 12.2 Å². The first kappa shape index (κ1) is 12.9. The Bertz CT molecular complexity index is 342. The van der Waals surface area contributed by atoms with E-state index in [4.69, 9.17) is 27.8 Å². The van der Waals surface area contributed by atoms with Crippen LogP contribution in [0.1, 0.15) is 18.4 Å². The molecule has 4 heteroatoms. The highest BCUT2D eigenvalue weighted by Gasteiger charge is 2.01. The number of benzene rings is 1. The predicted molar refractivity (Wildman–Crippen MR) is 68.7 cm³/mol. The smallest absolute Gasteiger partial charge is 0.122 e. The molecule has 0 unspecified atom stereocenters. The van der Waals surface area contributed by atoms with Gasteiger partial charge in [0.05, 0.1) is 11.6 Å². The highest BCUT2D eigenvalue weighted by atomic mass is 32.1. The van der Waals surface area contributed by atoms with Gasteiger partial charge in [0.1, 0.15) is 5.75 Å². The van der Waals surface area contributed by atoms with E-state index < -0.39 is 0 Å². The van der Waals surface area contributed by atoms with Crippen molar-refractivity contribution in [2.75, 3.05) is 13.2 Å². The minimum atomic E-state index is 0.132. The summed E-state index contributed by atoms with van der Waals surface area (Å²) in [5.41, 5.74) is 6.42. The van der Waals surface area contributed by atoms with Crippen LogP contribution < -0.4 is 10.5 Å². The molecular formula is C12H17NO2S. The summed E-state index contributed by atoms with van der Waals surface area (Å²) >= 11 is 4.78. The lowest BCUT2D eigenvalue weighted by molar-refractivity contribution is 0.287. The lowest BCUT2D eigenvalue weighted by Gasteiger charge is -2.10. The molecule has 0 aliphatic heterocycles. The molecule has 16 heavy (non-hydrogen) atoms. The molecule has 1 aromatic rings. The van der Waals surface area contributed by atoms with Crippen molar-refractivity contribution in [3.8, 4) is 5.75 Å². The highest BCUT2D eigenvalue weighted by molar-refractivity contribution is 7.80. The second-order valence-corrected chi connectivity index (χ2v) is 4.02. The Balaban J connectivity index is 2.43. The van der Waals surface area contributed by atoms with E-state index in [1.54, 1.807) is 0 Å². The summed E-state index contributed by atoms with van der Waals surface area (Å²) < 4.78 is 5.61. The first-order chi connectivity index (χ1) is 7.74. The van der Waals surface area contributed by atoms with Gasteiger partial charge in [0.15, 0.2) is 0 Å². The fraction of sp³-hybridized carbons (Fsp3) is 0.417. The third-order valence-electron chi connectivity index (χ3n) is 2.18. The molecule has 0 saturated carbocycles. The number of ether oxygens (including phenoxy) is 1. The van der Waals surface area contributed by atoms with Crippen molar-refractivity contribution in [3.05, 3.63) is 29.8 Å². The average Bonchev–Trinajstić information content (AvgIpc) is 2.26. The molecule has 0 aliphatic rings. The van der Waals surface area contributed by atoms with Crippen LogP contribution in [-0.4, -0.2) is 23.3 Å². The van der Waals surface area contributed by atoms with E-state index in [0.717, 1.165) is 17.7 Å². The van der Waals surface area contributed by atoms with Crippen LogP contribution in [0.25, 0.3) is 0 Å². The van der Waals surface area contributed by atoms with Crippen LogP contribution in [0.5, 0.6) is 5.75 Å². The van der Waals surface area contributed by atoms with Crippen LogP contribution in [0.4, 0.5) is 0 Å². The van der Waals surface area contributed by atoms with Crippen molar-refractivity contribution in [3.63, 3.8) is 0 Å². The lowest BCUT2D eigenvalue weighted by atomic mass is 10.1. The van der Waals surface area contributed by atoms with Gasteiger partial charge in [0.2, 0.25) is 0 Å². The Hall–Kier alpha value is -1.13. The van der Waals surface area contributed by atoms with Gasteiger partial charge in [-0.25, -0.2) is 0 Å². The van der Waals surface area contributed by atoms with Crippen molar-refractivity contribution in [2.24, 2.45) is 5.73 Å². The molecule has 0 fully saturated rings. The van der Waals surface area contributed by atoms with E-state index in [1.807, 2.05) is 24.3 Å². The zero-order chi connectivity index (χ0) is 11.8. The zero-order valence-electron chi connectivity index (χ0n) is 9.19. The summed E-state index contributed by atoms with van der Waals surface area (Å²) in [4.78, 5) is 0.521. The normalized spacial score (nSPS) is 10.1. The van der Waals surface area contributed by atoms with E-state index >= 15 is 0 Å². The first-order valence-electron chi connectivity index (χ1n) is 5.34. The van der Waals surface area contributed by atoms with Crippen LogP contribution in [0.15, 0.2) is 24.3 Å². The number of hydrogen-bond acceptors (Lipinski definition) is 3. The Morgan fingerprint density at radius 2 is 2.12 bits per heavy atom. The number of thiocarbonyl (C=S) groups is 1. The van der Waals surface area contributed by atoms with Crippen LogP contribution in [0.3, 0.4) is 0 Å². The molecular weight excluding hydrogens is 222 g/mol. The van der Waals surface area contributed by atoms with E-state index in [-0.39, 0.29) is 6.61 Å². The molecule has 3 N–H and O–H groups in total. The van der Waals surface area contributed by atoms with Crippen LogP contribution in [0.2, 0.25) is 0 Å². The van der Waals surface area contributed by atoms with E-state index in [9.17, 15) is 0 Å². The largest absolute Gasteiger partial charge is 0.493 e. The monoisotopic (exact) mass is 239 g/mol. The molecule has 0 atom stereocenters. The maximum atomic E-state index is 8.90. The standard InChI is InChI=1S/C12H17NO2S/c13-12(16)6-3-9-15-11-5-2-1-4-10(11)7-8-14/h1-2,4-5,14H,3,6-9H2,(H2,13,16). The van der Waals surface area contributed by atoms with E-state index in [0.29, 0.717) is 24.4 Å². The van der Waals surface area contributed by atoms with Crippen molar-refractivity contribution < 1.29 is 9.84 Å². The van der Waals surface area contributed by atoms with Gasteiger partial charge in [-0.2, -0.15) is 0 Å². The van der Waals surface area contributed by atoms with E-state index in [1.165, 1.54) is 0 Å². The SMILES string of the molecule is NC(=S)CCCOc1ccccc1CCO. The molecule has 3 nitrogen and oxygen atoms in total. The average molecular weight is 239 g/mol. The van der Waals surface area contributed by atoms with Gasteiger partial charge in [-0.15, -0.1) is 0 Å². The van der Waals surface area contributed by atoms with Gasteiger partial charge in [-0.3, -0.25) is 0 Å². The van der Waals surface area contributed by atoms with Gasteiger partial charge in [-0.1, -0.05) is 30.4 Å². The second kappa shape index (κ2) is 7.19. The summed E-state index contributed by atoms with van der Waals surface area (Å²) in [7, 11) is 0. The van der Waals surface area contributed by atoms with Crippen molar-refractivity contribution in [2.45, 2.75) is 19.3 Å². The van der Waals surface area contributed by atoms with Crippen LogP contribution in [-0.2, 0) is 6.42 Å². The Kier molecular flexibility index (Phi) is 5.82. The Morgan fingerprint density at radius 1 is 1.38 bits per heavy atom. The van der Waals surface area contributed by atoms with Gasteiger partial charge in [0, 0.05) is 13.0 Å². The van der Waals surface area contributed by atoms with Crippen molar-refractivity contribution in [1.29, 1.82) is 0 Å². The number of aliphatic hydroxyl groups is 1. The summed E-state index contributed by atoms with van der Waals surface area (Å²) in [6.45, 7) is 0.729. The third kappa shape index (κ3) is 4.59. The van der Waals surface area contributed by atoms with Crippen LogP contribution in [0, 0.1) is 0 Å². The predicted octanol–water partition coefficient (Wildman–Crippen LogP) is 1.67. The first-order valence-corrected chi connectivity index (χ1v) is 5.74. The minimum Gasteiger partial charge on any atom is -0.493 e. The lowest BCUT2D eigenvalue weighted by Crippen LogP contribution is -2.10. The van der Waals surface area contributed by atoms with Gasteiger partial charge in [-0.05, 0) is 24.5 Å². The zero-order valence-corrected chi connectivity index (χ0v) is 10.0. The quantitative estimate of drug-likeness (QED) is 0.561. The minimum absolute atomic E-state index is 0.132. The fourth-order valence-corrected chi connectivity index (χ4v) is 1.54. The molecule has 0 spiro atoms. The maximum absolute atomic E-state index is 8.90. The van der Waals surface area contributed by atoms with Gasteiger partial charge in [0.25, 0.3) is 0 Å². The second-order valence-electron chi connectivity index (χ2n) is 3.50. The summed E-state index contributed by atoms with van der Waals surface area (Å²) in [5, 5.41) is 8.90. The molecule has 0 aromatic heterocycles. The number of rotatable bonds is 7. The molecule has 88 valence electrons. The van der Waals surface area contributed by atoms with Gasteiger partial charge >= 0.3 is 0 Å². The Labute approximate surface area is 101 Å². The van der Waals surface area contributed by atoms with Gasteiger partial charge < -0.3 is 15.6 Å². The number of aliphatic hydroxyl groups excluding tert-OH is 1. The topological polar surface area (TPSA) is 55.5 Å². The number of nitrogens with two attached hydrogens (primary N) is 1. The fourth-order valence-electron chi connectivity index (χ4n) is 1.40. The summed E-state index contributed by atoms with van der Waals surface area (Å²) in [5.74, 6) is 0.833. The molecule has 1 aromatic carbocycles. The molecule has 1 rings (SSSR count). The Morgan fingerprint density at radius 3 is 2.81 bits per heavy atom. The summed E-state index contributed by atoms with van der Waals surface area (Å²) in [6, 6.07) is 7.72. The van der Waals surface area contributed by atoms with Crippen molar-refractivity contribution >= 4 is 17.2 Å². The molecule has 0 saturated heterocycles. The highest BCUT2D eigenvalue weighted by Crippen LogP contribution is 2.18. The number of hydrogen-bond donors (Lipinski definition) is 2. The molecule has 0 amide bonds. The molecule has 0 heterocycles. The summed E-state index contributed by atoms with van der Waals surface area (Å²) in [6.07, 6.45) is 2.14.